The van der Waals surface area contributed by atoms with E-state index < -0.39 is 0 Å². The van der Waals surface area contributed by atoms with Gasteiger partial charge in [0.25, 0.3) is 0 Å². The van der Waals surface area contributed by atoms with E-state index in [0.29, 0.717) is 15.6 Å². The lowest BCUT2D eigenvalue weighted by Gasteiger charge is -1.98. The van der Waals surface area contributed by atoms with E-state index in [4.69, 9.17) is 23.2 Å². The lowest BCUT2D eigenvalue weighted by atomic mass is 10.1. The van der Waals surface area contributed by atoms with Crippen molar-refractivity contribution in [3.8, 4) is 0 Å². The molecular formula is C16H12Cl2O. The molecular weight excluding hydrogens is 279 g/mol. The van der Waals surface area contributed by atoms with Gasteiger partial charge < -0.3 is 0 Å². The van der Waals surface area contributed by atoms with Gasteiger partial charge in [-0.1, -0.05) is 65.2 Å². The van der Waals surface area contributed by atoms with Crippen LogP contribution in [0, 0.1) is 6.92 Å². The number of allylic oxidation sites excluding steroid dienone is 1. The van der Waals surface area contributed by atoms with Crippen LogP contribution >= 0.6 is 23.2 Å². The SMILES string of the molecule is Cc1ccc(C(=O)/C=C\c2ccc(Cl)c(Cl)c2)cc1. The highest BCUT2D eigenvalue weighted by molar-refractivity contribution is 6.42. The zero-order valence-corrected chi connectivity index (χ0v) is 11.9. The lowest BCUT2D eigenvalue weighted by molar-refractivity contribution is 0.104. The van der Waals surface area contributed by atoms with Gasteiger partial charge in [0, 0.05) is 5.56 Å². The summed E-state index contributed by atoms with van der Waals surface area (Å²) >= 11 is 11.7. The Balaban J connectivity index is 2.15. The summed E-state index contributed by atoms with van der Waals surface area (Å²) in [6.45, 7) is 1.99. The van der Waals surface area contributed by atoms with Crippen LogP contribution in [-0.4, -0.2) is 5.78 Å². The van der Waals surface area contributed by atoms with Crippen molar-refractivity contribution in [2.75, 3.05) is 0 Å². The molecule has 0 aromatic heterocycles. The fraction of sp³-hybridized carbons (Fsp3) is 0.0625. The topological polar surface area (TPSA) is 17.1 Å². The molecule has 19 heavy (non-hydrogen) atoms. The molecule has 2 aromatic rings. The molecule has 0 unspecified atom stereocenters. The fourth-order valence-corrected chi connectivity index (χ4v) is 1.91. The quantitative estimate of drug-likeness (QED) is 0.561. The molecule has 96 valence electrons. The monoisotopic (exact) mass is 290 g/mol. The van der Waals surface area contributed by atoms with Crippen LogP contribution in [0.1, 0.15) is 21.5 Å². The first-order valence-corrected chi connectivity index (χ1v) is 6.56. The van der Waals surface area contributed by atoms with Crippen molar-refractivity contribution >= 4 is 35.1 Å². The third-order valence-electron chi connectivity index (χ3n) is 2.71. The Hall–Kier alpha value is -1.57. The third kappa shape index (κ3) is 3.69. The largest absolute Gasteiger partial charge is 0.289 e. The maximum atomic E-state index is 11.9. The van der Waals surface area contributed by atoms with Crippen LogP contribution in [0.5, 0.6) is 0 Å². The van der Waals surface area contributed by atoms with Crippen molar-refractivity contribution in [2.24, 2.45) is 0 Å². The molecule has 0 spiro atoms. The molecule has 0 N–H and O–H groups in total. The van der Waals surface area contributed by atoms with E-state index in [1.165, 1.54) is 6.08 Å². The highest BCUT2D eigenvalue weighted by Gasteiger charge is 2.01. The number of hydrogen-bond acceptors (Lipinski definition) is 1. The van der Waals surface area contributed by atoms with Crippen LogP contribution in [0.2, 0.25) is 10.0 Å². The van der Waals surface area contributed by atoms with Gasteiger partial charge in [-0.15, -0.1) is 0 Å². The average Bonchev–Trinajstić information content (AvgIpc) is 2.40. The summed E-state index contributed by atoms with van der Waals surface area (Å²) in [5, 5.41) is 0.982. The Bertz CT molecular complexity index is 628. The second-order valence-corrected chi connectivity index (χ2v) is 5.05. The molecule has 0 saturated heterocycles. The number of rotatable bonds is 3. The Labute approximate surface area is 122 Å². The van der Waals surface area contributed by atoms with Gasteiger partial charge >= 0.3 is 0 Å². The molecule has 0 heterocycles. The van der Waals surface area contributed by atoms with E-state index in [1.807, 2.05) is 37.3 Å². The molecule has 0 radical (unpaired) electrons. The van der Waals surface area contributed by atoms with Crippen LogP contribution in [-0.2, 0) is 0 Å². The van der Waals surface area contributed by atoms with Gasteiger partial charge in [-0.25, -0.2) is 0 Å². The molecule has 2 rings (SSSR count). The Morgan fingerprint density at radius 1 is 1.00 bits per heavy atom. The van der Waals surface area contributed by atoms with Crippen molar-refractivity contribution < 1.29 is 4.79 Å². The summed E-state index contributed by atoms with van der Waals surface area (Å²) < 4.78 is 0. The number of carbonyl (C=O) groups is 1. The van der Waals surface area contributed by atoms with Gasteiger partial charge in [0.15, 0.2) is 5.78 Å². The van der Waals surface area contributed by atoms with Crippen molar-refractivity contribution in [3.05, 3.63) is 75.3 Å². The van der Waals surface area contributed by atoms with E-state index in [0.717, 1.165) is 11.1 Å². The smallest absolute Gasteiger partial charge is 0.185 e. The zero-order chi connectivity index (χ0) is 13.8. The first kappa shape index (κ1) is 13.9. The number of aryl methyl sites for hydroxylation is 1. The molecule has 0 aliphatic rings. The number of halogens is 2. The Kier molecular flexibility index (Phi) is 4.41. The van der Waals surface area contributed by atoms with Crippen LogP contribution < -0.4 is 0 Å². The molecule has 0 saturated carbocycles. The van der Waals surface area contributed by atoms with E-state index in [-0.39, 0.29) is 5.78 Å². The van der Waals surface area contributed by atoms with Gasteiger partial charge in [-0.3, -0.25) is 4.79 Å². The minimum Gasteiger partial charge on any atom is -0.289 e. The number of carbonyl (C=O) groups excluding carboxylic acids is 1. The molecule has 0 bridgehead atoms. The third-order valence-corrected chi connectivity index (χ3v) is 3.45. The average molecular weight is 291 g/mol. The van der Waals surface area contributed by atoms with Gasteiger partial charge in [0.05, 0.1) is 10.0 Å². The summed E-state index contributed by atoms with van der Waals surface area (Å²) in [6.07, 6.45) is 3.26. The van der Waals surface area contributed by atoms with Gasteiger partial charge in [0.1, 0.15) is 0 Å². The van der Waals surface area contributed by atoms with E-state index in [2.05, 4.69) is 0 Å². The summed E-state index contributed by atoms with van der Waals surface area (Å²) in [5.74, 6) is -0.0360. The second kappa shape index (κ2) is 6.05. The highest BCUT2D eigenvalue weighted by atomic mass is 35.5. The zero-order valence-electron chi connectivity index (χ0n) is 10.4. The van der Waals surface area contributed by atoms with Crippen LogP contribution in [0.25, 0.3) is 6.08 Å². The van der Waals surface area contributed by atoms with E-state index in [9.17, 15) is 4.79 Å². The summed E-state index contributed by atoms with van der Waals surface area (Å²) in [4.78, 5) is 11.9. The van der Waals surface area contributed by atoms with E-state index in [1.54, 1.807) is 18.2 Å². The Morgan fingerprint density at radius 2 is 1.68 bits per heavy atom. The molecule has 0 aliphatic heterocycles. The minimum atomic E-state index is -0.0360. The lowest BCUT2D eigenvalue weighted by Crippen LogP contribution is -1.93. The van der Waals surface area contributed by atoms with Crippen molar-refractivity contribution in [1.29, 1.82) is 0 Å². The highest BCUT2D eigenvalue weighted by Crippen LogP contribution is 2.23. The van der Waals surface area contributed by atoms with Gasteiger partial charge in [0.2, 0.25) is 0 Å². The molecule has 3 heteroatoms. The van der Waals surface area contributed by atoms with Crippen molar-refractivity contribution in [3.63, 3.8) is 0 Å². The first-order valence-electron chi connectivity index (χ1n) is 5.80. The molecule has 0 atom stereocenters. The van der Waals surface area contributed by atoms with Crippen LogP contribution in [0.4, 0.5) is 0 Å². The first-order chi connectivity index (χ1) is 9.06. The van der Waals surface area contributed by atoms with Gasteiger partial charge in [-0.05, 0) is 30.7 Å². The number of hydrogen-bond donors (Lipinski definition) is 0. The Morgan fingerprint density at radius 3 is 2.32 bits per heavy atom. The maximum absolute atomic E-state index is 11.9. The number of ketones is 1. The predicted octanol–water partition coefficient (Wildman–Crippen LogP) is 5.20. The predicted molar refractivity (Wildman–Crippen MR) is 81.0 cm³/mol. The molecule has 2 aromatic carbocycles. The normalized spacial score (nSPS) is 10.9. The van der Waals surface area contributed by atoms with E-state index >= 15 is 0 Å². The number of benzene rings is 2. The molecule has 0 amide bonds. The van der Waals surface area contributed by atoms with Crippen LogP contribution in [0.3, 0.4) is 0 Å². The van der Waals surface area contributed by atoms with Crippen LogP contribution in [0.15, 0.2) is 48.5 Å². The summed E-state index contributed by atoms with van der Waals surface area (Å²) in [5.41, 5.74) is 2.64. The van der Waals surface area contributed by atoms with Crippen molar-refractivity contribution in [2.45, 2.75) is 6.92 Å². The standard InChI is InChI=1S/C16H12Cl2O/c1-11-2-6-13(7-3-11)16(19)9-5-12-4-8-14(17)15(18)10-12/h2-10H,1H3/b9-5-. The fourth-order valence-electron chi connectivity index (χ4n) is 1.60. The molecule has 0 aliphatic carbocycles. The summed E-state index contributed by atoms with van der Waals surface area (Å²) in [6, 6.07) is 12.7. The maximum Gasteiger partial charge on any atom is 0.185 e. The molecule has 1 nitrogen and oxygen atoms in total. The summed E-state index contributed by atoms with van der Waals surface area (Å²) in [7, 11) is 0. The molecule has 0 fully saturated rings. The minimum absolute atomic E-state index is 0.0360. The van der Waals surface area contributed by atoms with Gasteiger partial charge in [-0.2, -0.15) is 0 Å². The second-order valence-electron chi connectivity index (χ2n) is 4.24. The van der Waals surface area contributed by atoms with Crippen molar-refractivity contribution in [1.82, 2.24) is 0 Å².